The van der Waals surface area contributed by atoms with Crippen molar-refractivity contribution in [1.29, 1.82) is 0 Å². The van der Waals surface area contributed by atoms with E-state index in [0.29, 0.717) is 6.61 Å². The van der Waals surface area contributed by atoms with Gasteiger partial charge in [0.25, 0.3) is 0 Å². The number of aromatic nitrogens is 2. The van der Waals surface area contributed by atoms with Gasteiger partial charge in [-0.25, -0.2) is 4.98 Å². The molecule has 4 heteroatoms. The Morgan fingerprint density at radius 3 is 3.05 bits per heavy atom. The second-order valence-corrected chi connectivity index (χ2v) is 4.88. The number of benzene rings is 1. The molecule has 0 saturated carbocycles. The number of hydrogen-bond acceptors (Lipinski definition) is 3. The molecule has 1 aromatic carbocycles. The van der Waals surface area contributed by atoms with Crippen molar-refractivity contribution in [3.63, 3.8) is 0 Å². The lowest BCUT2D eigenvalue weighted by Crippen LogP contribution is -1.95. The van der Waals surface area contributed by atoms with Crippen molar-refractivity contribution in [3.8, 4) is 5.75 Å². The smallest absolute Gasteiger partial charge is 0.194 e. The summed E-state index contributed by atoms with van der Waals surface area (Å²) >= 11 is 0. The van der Waals surface area contributed by atoms with Crippen molar-refractivity contribution >= 4 is 10.9 Å². The van der Waals surface area contributed by atoms with Crippen molar-refractivity contribution in [3.05, 3.63) is 47.8 Å². The maximum atomic E-state index is 5.79. The maximum Gasteiger partial charge on any atom is 0.194 e. The van der Waals surface area contributed by atoms with Gasteiger partial charge in [-0.15, -0.1) is 0 Å². The first-order valence-corrected chi connectivity index (χ1v) is 6.91. The lowest BCUT2D eigenvalue weighted by Gasteiger charge is -2.04. The predicted octanol–water partition coefficient (Wildman–Crippen LogP) is 4.00. The Bertz CT molecular complexity index is 712. The molecule has 4 nitrogen and oxygen atoms in total. The Morgan fingerprint density at radius 1 is 1.30 bits per heavy atom. The van der Waals surface area contributed by atoms with Crippen molar-refractivity contribution in [2.45, 2.75) is 33.3 Å². The highest BCUT2D eigenvalue weighted by atomic mass is 16.5. The van der Waals surface area contributed by atoms with Gasteiger partial charge in [0.1, 0.15) is 12.4 Å². The molecule has 3 aromatic rings. The average Bonchev–Trinajstić information content (AvgIpc) is 3.03. The minimum Gasteiger partial charge on any atom is -0.486 e. The normalized spacial score (nSPS) is 11.1. The summed E-state index contributed by atoms with van der Waals surface area (Å²) in [5, 5.41) is 1.14. The summed E-state index contributed by atoms with van der Waals surface area (Å²) in [6.07, 6.45) is 3.83. The molecule has 0 radical (unpaired) electrons. The number of oxazole rings is 1. The van der Waals surface area contributed by atoms with E-state index in [1.54, 1.807) is 0 Å². The minimum absolute atomic E-state index is 0.415. The van der Waals surface area contributed by atoms with Crippen molar-refractivity contribution < 1.29 is 9.15 Å². The summed E-state index contributed by atoms with van der Waals surface area (Å²) in [7, 11) is 0. The Morgan fingerprint density at radius 2 is 2.20 bits per heavy atom. The Labute approximate surface area is 117 Å². The molecule has 0 unspecified atom stereocenters. The third-order valence-corrected chi connectivity index (χ3v) is 3.30. The van der Waals surface area contributed by atoms with Gasteiger partial charge in [0.15, 0.2) is 11.7 Å². The first kappa shape index (κ1) is 12.8. The molecule has 0 bridgehead atoms. The van der Waals surface area contributed by atoms with Crippen molar-refractivity contribution in [2.75, 3.05) is 0 Å². The monoisotopic (exact) mass is 270 g/mol. The molecule has 0 amide bonds. The molecule has 0 fully saturated rings. The van der Waals surface area contributed by atoms with Crippen molar-refractivity contribution in [2.24, 2.45) is 0 Å². The van der Waals surface area contributed by atoms with Crippen LogP contribution in [0.1, 0.15) is 30.7 Å². The second-order valence-electron chi connectivity index (χ2n) is 4.88. The molecule has 0 aliphatic heterocycles. The molecule has 3 rings (SSSR count). The quantitative estimate of drug-likeness (QED) is 0.762. The van der Waals surface area contributed by atoms with Crippen LogP contribution in [-0.2, 0) is 13.0 Å². The van der Waals surface area contributed by atoms with Gasteiger partial charge in [0.05, 0.1) is 5.69 Å². The van der Waals surface area contributed by atoms with Gasteiger partial charge < -0.3 is 14.1 Å². The molecular formula is C16H18N2O2. The van der Waals surface area contributed by atoms with Crippen LogP contribution in [0.5, 0.6) is 5.75 Å². The van der Waals surface area contributed by atoms with Crippen LogP contribution in [-0.4, -0.2) is 9.97 Å². The van der Waals surface area contributed by atoms with Gasteiger partial charge in [0, 0.05) is 23.5 Å². The molecule has 0 aliphatic carbocycles. The van der Waals surface area contributed by atoms with E-state index < -0.39 is 0 Å². The lowest BCUT2D eigenvalue weighted by molar-refractivity contribution is 0.265. The summed E-state index contributed by atoms with van der Waals surface area (Å²) in [5.74, 6) is 2.44. The SMILES string of the molecule is CCCc1nc(C)c(COc2ccc3[nH]ccc3c2)o1. The van der Waals surface area contributed by atoms with Crippen LogP contribution >= 0.6 is 0 Å². The van der Waals surface area contributed by atoms with Gasteiger partial charge in [-0.3, -0.25) is 0 Å². The van der Waals surface area contributed by atoms with E-state index >= 15 is 0 Å². The number of aryl methyl sites for hydroxylation is 2. The highest BCUT2D eigenvalue weighted by molar-refractivity contribution is 5.80. The number of ether oxygens (including phenoxy) is 1. The van der Waals surface area contributed by atoms with Gasteiger partial charge in [-0.1, -0.05) is 6.92 Å². The van der Waals surface area contributed by atoms with Crippen LogP contribution in [0, 0.1) is 6.92 Å². The van der Waals surface area contributed by atoms with Crippen LogP contribution in [0.3, 0.4) is 0 Å². The first-order valence-electron chi connectivity index (χ1n) is 6.91. The number of H-pyrrole nitrogens is 1. The minimum atomic E-state index is 0.415. The standard InChI is InChI=1S/C16H18N2O2/c1-3-4-16-18-11(2)15(20-16)10-19-13-5-6-14-12(9-13)7-8-17-14/h5-9,17H,3-4,10H2,1-2H3. The fraction of sp³-hybridized carbons (Fsp3) is 0.312. The molecule has 2 aromatic heterocycles. The number of hydrogen-bond donors (Lipinski definition) is 1. The Hall–Kier alpha value is -2.23. The summed E-state index contributed by atoms with van der Waals surface area (Å²) < 4.78 is 11.5. The summed E-state index contributed by atoms with van der Waals surface area (Å²) in [5.41, 5.74) is 2.02. The first-order chi connectivity index (χ1) is 9.76. The van der Waals surface area contributed by atoms with Gasteiger partial charge >= 0.3 is 0 Å². The van der Waals surface area contributed by atoms with E-state index in [0.717, 1.165) is 46.8 Å². The zero-order valence-corrected chi connectivity index (χ0v) is 11.8. The van der Waals surface area contributed by atoms with Crippen LogP contribution in [0.25, 0.3) is 10.9 Å². The average molecular weight is 270 g/mol. The Balaban J connectivity index is 1.72. The van der Waals surface area contributed by atoms with Crippen LogP contribution in [0.2, 0.25) is 0 Å². The molecule has 0 atom stereocenters. The van der Waals surface area contributed by atoms with E-state index in [9.17, 15) is 0 Å². The number of fused-ring (bicyclic) bond motifs is 1. The summed E-state index contributed by atoms with van der Waals surface area (Å²) in [6, 6.07) is 8.02. The molecule has 0 spiro atoms. The zero-order chi connectivity index (χ0) is 13.9. The lowest BCUT2D eigenvalue weighted by atomic mass is 10.2. The fourth-order valence-electron chi connectivity index (χ4n) is 2.21. The van der Waals surface area contributed by atoms with Gasteiger partial charge in [0.2, 0.25) is 0 Å². The highest BCUT2D eigenvalue weighted by Crippen LogP contribution is 2.21. The molecular weight excluding hydrogens is 252 g/mol. The summed E-state index contributed by atoms with van der Waals surface area (Å²) in [4.78, 5) is 7.57. The number of nitrogens with one attached hydrogen (secondary N) is 1. The molecule has 2 heterocycles. The fourth-order valence-corrected chi connectivity index (χ4v) is 2.21. The molecule has 20 heavy (non-hydrogen) atoms. The largest absolute Gasteiger partial charge is 0.486 e. The molecule has 1 N–H and O–H groups in total. The molecule has 0 aliphatic rings. The van der Waals surface area contributed by atoms with E-state index in [1.807, 2.05) is 37.4 Å². The number of nitrogens with zero attached hydrogens (tertiary/aromatic N) is 1. The van der Waals surface area contributed by atoms with Crippen molar-refractivity contribution in [1.82, 2.24) is 9.97 Å². The predicted molar refractivity (Wildman–Crippen MR) is 77.9 cm³/mol. The van der Waals surface area contributed by atoms with E-state index in [4.69, 9.17) is 9.15 Å². The second kappa shape index (κ2) is 5.41. The molecule has 104 valence electrons. The van der Waals surface area contributed by atoms with Gasteiger partial charge in [-0.2, -0.15) is 0 Å². The third kappa shape index (κ3) is 2.54. The van der Waals surface area contributed by atoms with E-state index in [-0.39, 0.29) is 0 Å². The summed E-state index contributed by atoms with van der Waals surface area (Å²) in [6.45, 7) is 4.48. The van der Waals surface area contributed by atoms with E-state index in [2.05, 4.69) is 16.9 Å². The topological polar surface area (TPSA) is 51.0 Å². The number of aromatic amines is 1. The Kier molecular flexibility index (Phi) is 3.46. The zero-order valence-electron chi connectivity index (χ0n) is 11.8. The number of rotatable bonds is 5. The van der Waals surface area contributed by atoms with E-state index in [1.165, 1.54) is 0 Å². The van der Waals surface area contributed by atoms with Gasteiger partial charge in [-0.05, 0) is 37.6 Å². The maximum absolute atomic E-state index is 5.79. The van der Waals surface area contributed by atoms with Crippen LogP contribution < -0.4 is 4.74 Å². The molecule has 0 saturated heterocycles. The van der Waals surface area contributed by atoms with Crippen LogP contribution in [0.4, 0.5) is 0 Å². The third-order valence-electron chi connectivity index (χ3n) is 3.30. The highest BCUT2D eigenvalue weighted by Gasteiger charge is 2.09. The van der Waals surface area contributed by atoms with Crippen LogP contribution in [0.15, 0.2) is 34.9 Å².